The fourth-order valence-electron chi connectivity index (χ4n) is 3.60. The lowest BCUT2D eigenvalue weighted by molar-refractivity contribution is 0.102. The maximum Gasteiger partial charge on any atom is 0.286 e. The van der Waals surface area contributed by atoms with E-state index in [0.29, 0.717) is 28.7 Å². The van der Waals surface area contributed by atoms with Crippen LogP contribution in [0.15, 0.2) is 53.4 Å². The molecule has 0 spiro atoms. The first-order valence-electron chi connectivity index (χ1n) is 10.1. The van der Waals surface area contributed by atoms with Crippen LogP contribution < -0.4 is 5.32 Å². The second kappa shape index (κ2) is 8.86. The second-order valence-corrected chi connectivity index (χ2v) is 10.7. The molecule has 3 aromatic rings. The van der Waals surface area contributed by atoms with Gasteiger partial charge in [0.2, 0.25) is 15.0 Å². The molecule has 1 amide bonds. The molecule has 0 aliphatic carbocycles. The quantitative estimate of drug-likeness (QED) is 0.627. The Hall–Kier alpha value is -2.62. The Morgan fingerprint density at radius 1 is 1.10 bits per heavy atom. The fraction of sp³-hybridized carbons (Fsp3) is 0.318. The van der Waals surface area contributed by atoms with Crippen molar-refractivity contribution < 1.29 is 13.2 Å². The molecule has 9 heteroatoms. The standard InChI is InChI=1S/C22H24N4O3S2/c1-15-8-10-18(11-9-15)23-20(27)22-25-24-21(30-22)17-6-4-12-26(14-17)31(28,29)19-7-3-5-16(2)13-19/h3,5,7-11,13,17H,4,6,12,14H2,1-2H3,(H,23,27)/t17-/m0/s1. The lowest BCUT2D eigenvalue weighted by atomic mass is 10.0. The predicted molar refractivity (Wildman–Crippen MR) is 121 cm³/mol. The van der Waals surface area contributed by atoms with Gasteiger partial charge in [-0.05, 0) is 56.5 Å². The summed E-state index contributed by atoms with van der Waals surface area (Å²) in [6.45, 7) is 4.68. The normalized spacial score (nSPS) is 17.4. The van der Waals surface area contributed by atoms with Gasteiger partial charge in [0.15, 0.2) is 0 Å². The molecule has 0 saturated carbocycles. The van der Waals surface area contributed by atoms with Gasteiger partial charge in [0.25, 0.3) is 5.91 Å². The molecule has 1 saturated heterocycles. The Kier molecular flexibility index (Phi) is 6.17. The van der Waals surface area contributed by atoms with E-state index < -0.39 is 10.0 Å². The Balaban J connectivity index is 1.47. The lowest BCUT2D eigenvalue weighted by Crippen LogP contribution is -2.39. The lowest BCUT2D eigenvalue weighted by Gasteiger charge is -2.30. The van der Waals surface area contributed by atoms with Gasteiger partial charge in [-0.3, -0.25) is 4.79 Å². The number of carbonyl (C=O) groups is 1. The highest BCUT2D eigenvalue weighted by Gasteiger charge is 2.32. The van der Waals surface area contributed by atoms with E-state index in [-0.39, 0.29) is 16.8 Å². The van der Waals surface area contributed by atoms with E-state index >= 15 is 0 Å². The van der Waals surface area contributed by atoms with E-state index in [1.165, 1.54) is 15.6 Å². The number of hydrogen-bond acceptors (Lipinski definition) is 6. The minimum Gasteiger partial charge on any atom is -0.320 e. The van der Waals surface area contributed by atoms with Crippen LogP contribution in [-0.2, 0) is 10.0 Å². The number of amides is 1. The molecule has 2 aromatic carbocycles. The van der Waals surface area contributed by atoms with Crippen molar-refractivity contribution in [1.82, 2.24) is 14.5 Å². The highest BCUT2D eigenvalue weighted by Crippen LogP contribution is 2.32. The van der Waals surface area contributed by atoms with Crippen molar-refractivity contribution in [2.75, 3.05) is 18.4 Å². The van der Waals surface area contributed by atoms with E-state index in [1.54, 1.807) is 18.2 Å². The fourth-order valence-corrected chi connectivity index (χ4v) is 6.09. The number of nitrogens with zero attached hydrogens (tertiary/aromatic N) is 3. The van der Waals surface area contributed by atoms with Crippen LogP contribution in [0.4, 0.5) is 5.69 Å². The van der Waals surface area contributed by atoms with E-state index in [4.69, 9.17) is 0 Å². The molecule has 0 radical (unpaired) electrons. The molecule has 2 heterocycles. The zero-order valence-corrected chi connectivity index (χ0v) is 19.0. The highest BCUT2D eigenvalue weighted by atomic mass is 32.2. The van der Waals surface area contributed by atoms with Crippen LogP contribution in [0.1, 0.15) is 44.7 Å². The van der Waals surface area contributed by atoms with Crippen LogP contribution >= 0.6 is 11.3 Å². The van der Waals surface area contributed by atoms with Crippen LogP contribution in [0, 0.1) is 13.8 Å². The summed E-state index contributed by atoms with van der Waals surface area (Å²) in [6, 6.07) is 14.5. The number of sulfonamides is 1. The molecule has 0 bridgehead atoms. The van der Waals surface area contributed by atoms with Gasteiger partial charge in [-0.15, -0.1) is 10.2 Å². The predicted octanol–water partition coefficient (Wildman–Crippen LogP) is 3.98. The van der Waals surface area contributed by atoms with Crippen molar-refractivity contribution in [1.29, 1.82) is 0 Å². The molecular weight excluding hydrogens is 432 g/mol. The molecule has 1 aromatic heterocycles. The maximum atomic E-state index is 13.1. The van der Waals surface area contributed by atoms with Gasteiger partial charge in [0.05, 0.1) is 4.90 Å². The molecule has 31 heavy (non-hydrogen) atoms. The van der Waals surface area contributed by atoms with Crippen molar-refractivity contribution >= 4 is 33.0 Å². The molecule has 1 atom stereocenters. The summed E-state index contributed by atoms with van der Waals surface area (Å²) in [6.07, 6.45) is 1.55. The minimum atomic E-state index is -3.57. The van der Waals surface area contributed by atoms with Crippen LogP contribution in [0.5, 0.6) is 0 Å². The zero-order chi connectivity index (χ0) is 22.0. The van der Waals surface area contributed by atoms with E-state index in [2.05, 4.69) is 15.5 Å². The summed E-state index contributed by atoms with van der Waals surface area (Å²) >= 11 is 1.23. The van der Waals surface area contributed by atoms with Gasteiger partial charge in [-0.25, -0.2) is 8.42 Å². The Morgan fingerprint density at radius 3 is 2.61 bits per heavy atom. The van der Waals surface area contributed by atoms with Gasteiger partial charge in [0, 0.05) is 24.7 Å². The largest absolute Gasteiger partial charge is 0.320 e. The van der Waals surface area contributed by atoms with Crippen LogP contribution in [0.2, 0.25) is 0 Å². The Labute approximate surface area is 186 Å². The molecule has 0 unspecified atom stereocenters. The van der Waals surface area contributed by atoms with Crippen molar-refractivity contribution in [2.24, 2.45) is 0 Å². The third-order valence-electron chi connectivity index (χ3n) is 5.30. The number of nitrogens with one attached hydrogen (secondary N) is 1. The number of piperidine rings is 1. The molecule has 1 N–H and O–H groups in total. The van der Waals surface area contributed by atoms with E-state index in [9.17, 15) is 13.2 Å². The number of aryl methyl sites for hydroxylation is 2. The van der Waals surface area contributed by atoms with Crippen molar-refractivity contribution in [3.8, 4) is 0 Å². The number of rotatable bonds is 5. The SMILES string of the molecule is Cc1ccc(NC(=O)c2nnc([C@H]3CCCN(S(=O)(=O)c4cccc(C)c4)C3)s2)cc1. The topological polar surface area (TPSA) is 92.3 Å². The zero-order valence-electron chi connectivity index (χ0n) is 17.4. The van der Waals surface area contributed by atoms with Crippen molar-refractivity contribution in [3.05, 3.63) is 69.7 Å². The van der Waals surface area contributed by atoms with Gasteiger partial charge in [-0.2, -0.15) is 4.31 Å². The van der Waals surface area contributed by atoms with Gasteiger partial charge < -0.3 is 5.32 Å². The second-order valence-electron chi connectivity index (χ2n) is 7.78. The summed E-state index contributed by atoms with van der Waals surface area (Å²) in [5, 5.41) is 12.0. The first kappa shape index (κ1) is 21.6. The van der Waals surface area contributed by atoms with Crippen molar-refractivity contribution in [2.45, 2.75) is 37.5 Å². The number of hydrogen-bond donors (Lipinski definition) is 1. The molecule has 1 fully saturated rings. The summed E-state index contributed by atoms with van der Waals surface area (Å²) in [5.74, 6) is -0.389. The third kappa shape index (κ3) is 4.84. The van der Waals surface area contributed by atoms with Gasteiger partial charge in [-0.1, -0.05) is 41.2 Å². The van der Waals surface area contributed by atoms with Gasteiger partial charge >= 0.3 is 0 Å². The van der Waals surface area contributed by atoms with Crippen LogP contribution in [0.3, 0.4) is 0 Å². The number of aromatic nitrogens is 2. The van der Waals surface area contributed by atoms with E-state index in [0.717, 1.165) is 24.0 Å². The molecule has 162 valence electrons. The van der Waals surface area contributed by atoms with E-state index in [1.807, 2.05) is 44.2 Å². The van der Waals surface area contributed by atoms with Crippen molar-refractivity contribution in [3.63, 3.8) is 0 Å². The average molecular weight is 457 g/mol. The average Bonchev–Trinajstić information content (AvgIpc) is 3.26. The first-order chi connectivity index (χ1) is 14.8. The van der Waals surface area contributed by atoms with Crippen LogP contribution in [0.25, 0.3) is 0 Å². The highest BCUT2D eigenvalue weighted by molar-refractivity contribution is 7.89. The molecule has 1 aliphatic heterocycles. The maximum absolute atomic E-state index is 13.1. The van der Waals surface area contributed by atoms with Gasteiger partial charge in [0.1, 0.15) is 5.01 Å². The van der Waals surface area contributed by atoms with Crippen LogP contribution in [-0.4, -0.2) is 41.9 Å². The Bertz CT molecular complexity index is 1190. The summed E-state index contributed by atoms with van der Waals surface area (Å²) in [7, 11) is -3.57. The summed E-state index contributed by atoms with van der Waals surface area (Å²) < 4.78 is 27.7. The minimum absolute atomic E-state index is 0.0771. The smallest absolute Gasteiger partial charge is 0.286 e. The number of benzene rings is 2. The number of anilines is 1. The third-order valence-corrected chi connectivity index (χ3v) is 8.25. The Morgan fingerprint density at radius 2 is 1.87 bits per heavy atom. The summed E-state index contributed by atoms with van der Waals surface area (Å²) in [5.41, 5.74) is 2.71. The molecular formula is C22H24N4O3S2. The number of carbonyl (C=O) groups excluding carboxylic acids is 1. The first-order valence-corrected chi connectivity index (χ1v) is 12.4. The monoisotopic (exact) mass is 456 g/mol. The molecule has 1 aliphatic rings. The molecule has 7 nitrogen and oxygen atoms in total. The summed E-state index contributed by atoms with van der Waals surface area (Å²) in [4.78, 5) is 12.8. The molecule has 4 rings (SSSR count).